The van der Waals surface area contributed by atoms with Gasteiger partial charge >= 0.3 is 0 Å². The summed E-state index contributed by atoms with van der Waals surface area (Å²) in [5.74, 6) is 1.67. The second-order valence-corrected chi connectivity index (χ2v) is 6.44. The van der Waals surface area contributed by atoms with Crippen LogP contribution in [0.3, 0.4) is 0 Å². The van der Waals surface area contributed by atoms with Gasteiger partial charge < -0.3 is 20.7 Å². The van der Waals surface area contributed by atoms with Crippen molar-refractivity contribution in [2.45, 2.75) is 19.4 Å². The van der Waals surface area contributed by atoms with E-state index in [0.717, 1.165) is 43.1 Å². The lowest BCUT2D eigenvalue weighted by Gasteiger charge is -2.31. The van der Waals surface area contributed by atoms with Gasteiger partial charge in [-0.15, -0.1) is 0 Å². The number of aromatic nitrogens is 2. The van der Waals surface area contributed by atoms with Crippen LogP contribution in [0.15, 0.2) is 47.7 Å². The molecule has 1 aromatic carbocycles. The molecule has 26 heavy (non-hydrogen) atoms. The maximum Gasteiger partial charge on any atom is 0.225 e. The summed E-state index contributed by atoms with van der Waals surface area (Å²) in [5.41, 5.74) is 8.08. The Morgan fingerprint density at radius 2 is 2.12 bits per heavy atom. The van der Waals surface area contributed by atoms with Gasteiger partial charge in [0.2, 0.25) is 5.95 Å². The van der Waals surface area contributed by atoms with Crippen LogP contribution in [0.1, 0.15) is 18.4 Å². The Morgan fingerprint density at radius 1 is 1.31 bits per heavy atom. The summed E-state index contributed by atoms with van der Waals surface area (Å²) < 4.78 is 5.22. The number of anilines is 2. The quantitative estimate of drug-likeness (QED) is 0.611. The minimum atomic E-state index is 0.432. The zero-order chi connectivity index (χ0) is 18.2. The van der Waals surface area contributed by atoms with Crippen LogP contribution in [0, 0.1) is 5.92 Å². The Balaban J connectivity index is 1.57. The fourth-order valence-electron chi connectivity index (χ4n) is 3.18. The molecule has 7 nitrogen and oxygen atoms in total. The molecule has 0 saturated carbocycles. The third-order valence-corrected chi connectivity index (χ3v) is 4.45. The molecule has 7 heteroatoms. The topological polar surface area (TPSA) is 88.7 Å². The Bertz CT molecular complexity index is 721. The molecule has 3 N–H and O–H groups in total. The summed E-state index contributed by atoms with van der Waals surface area (Å²) in [5, 5.41) is 3.19. The zero-order valence-electron chi connectivity index (χ0n) is 15.1. The van der Waals surface area contributed by atoms with Gasteiger partial charge in [-0.3, -0.25) is 4.99 Å². The maximum absolute atomic E-state index is 6.09. The standard InChI is InChI=1S/C19H26N6O/c1-26-14-16-7-2-3-8-17(16)24-18(20)23-12-15-6-4-11-25(13-15)19-21-9-5-10-22-19/h2-3,5,7-10,15H,4,6,11-14H2,1H3,(H3,20,23,24). The molecular weight excluding hydrogens is 328 g/mol. The van der Waals surface area contributed by atoms with Crippen LogP contribution in [0.2, 0.25) is 0 Å². The summed E-state index contributed by atoms with van der Waals surface area (Å²) in [6, 6.07) is 9.77. The highest BCUT2D eigenvalue weighted by atomic mass is 16.5. The average Bonchev–Trinajstić information content (AvgIpc) is 2.69. The molecule has 0 bridgehead atoms. The fourth-order valence-corrected chi connectivity index (χ4v) is 3.18. The first-order chi connectivity index (χ1) is 12.8. The van der Waals surface area contributed by atoms with Crippen molar-refractivity contribution in [3.63, 3.8) is 0 Å². The lowest BCUT2D eigenvalue weighted by Crippen LogP contribution is -2.38. The van der Waals surface area contributed by atoms with Crippen molar-refractivity contribution in [3.8, 4) is 0 Å². The van der Waals surface area contributed by atoms with Crippen molar-refractivity contribution in [1.82, 2.24) is 9.97 Å². The first-order valence-corrected chi connectivity index (χ1v) is 8.92. The molecule has 1 aliphatic rings. The minimum absolute atomic E-state index is 0.432. The molecule has 1 unspecified atom stereocenters. The van der Waals surface area contributed by atoms with Crippen LogP contribution in [0.5, 0.6) is 0 Å². The normalized spacial score (nSPS) is 18.0. The summed E-state index contributed by atoms with van der Waals surface area (Å²) in [4.78, 5) is 15.5. The van der Waals surface area contributed by atoms with Gasteiger partial charge in [0.05, 0.1) is 6.61 Å². The van der Waals surface area contributed by atoms with E-state index in [1.165, 1.54) is 0 Å². The Labute approximate surface area is 154 Å². The highest BCUT2D eigenvalue weighted by molar-refractivity contribution is 5.92. The number of rotatable bonds is 6. The molecule has 1 fully saturated rings. The molecule has 2 aromatic rings. The number of methoxy groups -OCH3 is 1. The van der Waals surface area contributed by atoms with E-state index < -0.39 is 0 Å². The number of hydrogen-bond donors (Lipinski definition) is 2. The zero-order valence-corrected chi connectivity index (χ0v) is 15.1. The van der Waals surface area contributed by atoms with Crippen LogP contribution >= 0.6 is 0 Å². The van der Waals surface area contributed by atoms with Crippen molar-refractivity contribution < 1.29 is 4.74 Å². The van der Waals surface area contributed by atoms with E-state index >= 15 is 0 Å². The molecule has 0 aliphatic carbocycles. The number of guanidine groups is 1. The van der Waals surface area contributed by atoms with Crippen molar-refractivity contribution in [3.05, 3.63) is 48.3 Å². The van der Waals surface area contributed by atoms with Crippen LogP contribution < -0.4 is 16.0 Å². The fraction of sp³-hybridized carbons (Fsp3) is 0.421. The second kappa shape index (κ2) is 9.15. The average molecular weight is 354 g/mol. The van der Waals surface area contributed by atoms with E-state index in [1.807, 2.05) is 30.3 Å². The smallest absolute Gasteiger partial charge is 0.225 e. The SMILES string of the molecule is COCc1ccccc1NC(N)=NCC1CCCN(c2ncccn2)C1. The largest absolute Gasteiger partial charge is 0.380 e. The van der Waals surface area contributed by atoms with E-state index in [1.54, 1.807) is 19.5 Å². The molecule has 1 aliphatic heterocycles. The number of aliphatic imine (C=N–C) groups is 1. The van der Waals surface area contributed by atoms with Gasteiger partial charge in [0.25, 0.3) is 0 Å². The number of para-hydroxylation sites is 1. The van der Waals surface area contributed by atoms with Gasteiger partial charge in [-0.05, 0) is 30.9 Å². The maximum atomic E-state index is 6.09. The predicted molar refractivity (Wildman–Crippen MR) is 104 cm³/mol. The van der Waals surface area contributed by atoms with Gasteiger partial charge in [-0.2, -0.15) is 0 Å². The van der Waals surface area contributed by atoms with E-state index in [4.69, 9.17) is 10.5 Å². The first-order valence-electron chi connectivity index (χ1n) is 8.92. The summed E-state index contributed by atoms with van der Waals surface area (Å²) in [7, 11) is 1.68. The molecule has 138 valence electrons. The monoisotopic (exact) mass is 354 g/mol. The highest BCUT2D eigenvalue weighted by Crippen LogP contribution is 2.20. The van der Waals surface area contributed by atoms with Crippen LogP contribution in [-0.2, 0) is 11.3 Å². The Morgan fingerprint density at radius 3 is 2.92 bits per heavy atom. The number of benzene rings is 1. The lowest BCUT2D eigenvalue weighted by molar-refractivity contribution is 0.185. The Kier molecular flexibility index (Phi) is 6.38. The molecule has 0 radical (unpaired) electrons. The van der Waals surface area contributed by atoms with Crippen molar-refractivity contribution in [2.24, 2.45) is 16.6 Å². The van der Waals surface area contributed by atoms with Crippen molar-refractivity contribution in [1.29, 1.82) is 0 Å². The molecular formula is C19H26N6O. The van der Waals surface area contributed by atoms with E-state index in [-0.39, 0.29) is 0 Å². The number of nitrogens with zero attached hydrogens (tertiary/aromatic N) is 4. The first kappa shape index (κ1) is 18.1. The van der Waals surface area contributed by atoms with Crippen molar-refractivity contribution >= 4 is 17.6 Å². The summed E-state index contributed by atoms with van der Waals surface area (Å²) >= 11 is 0. The molecule has 1 saturated heterocycles. The van der Waals surface area contributed by atoms with Gasteiger partial charge in [0, 0.05) is 50.4 Å². The second-order valence-electron chi connectivity index (χ2n) is 6.44. The van der Waals surface area contributed by atoms with E-state index in [9.17, 15) is 0 Å². The molecule has 1 atom stereocenters. The third kappa shape index (κ3) is 4.92. The van der Waals surface area contributed by atoms with Crippen LogP contribution in [-0.4, -0.2) is 42.7 Å². The van der Waals surface area contributed by atoms with E-state index in [0.29, 0.717) is 25.0 Å². The van der Waals surface area contributed by atoms with Gasteiger partial charge in [0.1, 0.15) is 0 Å². The highest BCUT2D eigenvalue weighted by Gasteiger charge is 2.21. The lowest BCUT2D eigenvalue weighted by atomic mass is 9.98. The molecule has 2 heterocycles. The predicted octanol–water partition coefficient (Wildman–Crippen LogP) is 2.27. The summed E-state index contributed by atoms with van der Waals surface area (Å²) in [6.45, 7) is 3.11. The van der Waals surface area contributed by atoms with Crippen LogP contribution in [0.4, 0.5) is 11.6 Å². The minimum Gasteiger partial charge on any atom is -0.380 e. The molecule has 0 amide bonds. The summed E-state index contributed by atoms with van der Waals surface area (Å²) in [6.07, 6.45) is 5.82. The van der Waals surface area contributed by atoms with Crippen LogP contribution in [0.25, 0.3) is 0 Å². The number of piperidine rings is 1. The number of nitrogens with one attached hydrogen (secondary N) is 1. The molecule has 3 rings (SSSR count). The third-order valence-electron chi connectivity index (χ3n) is 4.45. The number of ether oxygens (including phenoxy) is 1. The van der Waals surface area contributed by atoms with Gasteiger partial charge in [-0.1, -0.05) is 18.2 Å². The van der Waals surface area contributed by atoms with E-state index in [2.05, 4.69) is 25.2 Å². The number of hydrogen-bond acceptors (Lipinski definition) is 5. The molecule has 0 spiro atoms. The number of nitrogens with two attached hydrogens (primary N) is 1. The van der Waals surface area contributed by atoms with Gasteiger partial charge in [0.15, 0.2) is 5.96 Å². The van der Waals surface area contributed by atoms with Gasteiger partial charge in [-0.25, -0.2) is 9.97 Å². The van der Waals surface area contributed by atoms with Crippen molar-refractivity contribution in [2.75, 3.05) is 37.0 Å². The Hall–Kier alpha value is -2.67. The molecule has 1 aromatic heterocycles.